The van der Waals surface area contributed by atoms with E-state index in [9.17, 15) is 13.2 Å². The number of benzene rings is 1. The van der Waals surface area contributed by atoms with Crippen LogP contribution in [0.25, 0.3) is 16.9 Å². The topological polar surface area (TPSA) is 111 Å². The number of aromatic nitrogens is 4. The van der Waals surface area contributed by atoms with E-state index in [2.05, 4.69) is 26.9 Å². The molecule has 0 spiro atoms. The van der Waals surface area contributed by atoms with Gasteiger partial charge in [0.05, 0.1) is 17.2 Å². The number of hydrogen-bond donors (Lipinski definition) is 0. The first-order valence-corrected chi connectivity index (χ1v) is 13.2. The van der Waals surface area contributed by atoms with Crippen LogP contribution in [0.5, 0.6) is 5.75 Å². The summed E-state index contributed by atoms with van der Waals surface area (Å²) in [4.78, 5) is 23.9. The molecule has 0 aliphatic carbocycles. The SMILES string of the molecule is CCCc1nc(C)c2c(=O)[n-]c(-c3cc(S(=O)(=O)N4CCN(CC)CC4)ccc3OCC)nn12.[Na+]. The van der Waals surface area contributed by atoms with E-state index in [0.29, 0.717) is 67.6 Å². The van der Waals surface area contributed by atoms with Crippen molar-refractivity contribution in [1.29, 1.82) is 0 Å². The van der Waals surface area contributed by atoms with Crippen LogP contribution in [0.4, 0.5) is 0 Å². The van der Waals surface area contributed by atoms with Gasteiger partial charge in [0.2, 0.25) is 10.0 Å². The van der Waals surface area contributed by atoms with Crippen molar-refractivity contribution in [2.45, 2.75) is 45.4 Å². The zero-order valence-electron chi connectivity index (χ0n) is 21.1. The fraction of sp³-hybridized carbons (Fsp3) is 0.522. The largest absolute Gasteiger partial charge is 1.00 e. The Hall–Kier alpha value is -1.76. The van der Waals surface area contributed by atoms with E-state index >= 15 is 0 Å². The molecule has 3 aromatic rings. The van der Waals surface area contributed by atoms with E-state index in [-0.39, 0.29) is 40.3 Å². The van der Waals surface area contributed by atoms with Gasteiger partial charge in [0.1, 0.15) is 17.1 Å². The van der Waals surface area contributed by atoms with Crippen LogP contribution in [-0.2, 0) is 16.4 Å². The van der Waals surface area contributed by atoms with Crippen molar-refractivity contribution in [1.82, 2.24) is 28.8 Å². The molecular weight excluding hydrogens is 479 g/mol. The smallest absolute Gasteiger partial charge is 0.493 e. The molecule has 2 aromatic heterocycles. The quantitative estimate of drug-likeness (QED) is 0.344. The number of fused-ring (bicyclic) bond motifs is 1. The van der Waals surface area contributed by atoms with Crippen molar-refractivity contribution in [2.75, 3.05) is 39.3 Å². The summed E-state index contributed by atoms with van der Waals surface area (Å²) in [5.41, 5.74) is 0.821. The summed E-state index contributed by atoms with van der Waals surface area (Å²) in [5.74, 6) is 1.21. The molecule has 35 heavy (non-hydrogen) atoms. The van der Waals surface area contributed by atoms with Crippen LogP contribution >= 0.6 is 0 Å². The Kier molecular flexibility index (Phi) is 9.16. The molecule has 0 unspecified atom stereocenters. The Labute approximate surface area is 228 Å². The molecule has 1 aromatic carbocycles. The molecule has 0 N–H and O–H groups in total. The molecule has 1 aliphatic rings. The number of sulfonamides is 1. The average molecular weight is 511 g/mol. The molecule has 184 valence electrons. The van der Waals surface area contributed by atoms with E-state index < -0.39 is 15.6 Å². The van der Waals surface area contributed by atoms with E-state index in [1.54, 1.807) is 13.0 Å². The van der Waals surface area contributed by atoms with Gasteiger partial charge < -0.3 is 24.2 Å². The Morgan fingerprint density at radius 2 is 1.83 bits per heavy atom. The predicted octanol–water partition coefficient (Wildman–Crippen LogP) is -1.30. The number of piperazine rings is 1. The van der Waals surface area contributed by atoms with Crippen molar-refractivity contribution in [3.05, 3.63) is 40.1 Å². The van der Waals surface area contributed by atoms with Crippen molar-refractivity contribution in [3.63, 3.8) is 0 Å². The summed E-state index contributed by atoms with van der Waals surface area (Å²) in [6.45, 7) is 11.2. The van der Waals surface area contributed by atoms with Crippen LogP contribution in [-0.4, -0.2) is 71.6 Å². The molecule has 0 radical (unpaired) electrons. The van der Waals surface area contributed by atoms with Crippen LogP contribution in [0.2, 0.25) is 0 Å². The zero-order chi connectivity index (χ0) is 24.5. The molecule has 3 heterocycles. The summed E-state index contributed by atoms with van der Waals surface area (Å²) in [6.07, 6.45) is 1.50. The number of ether oxygens (including phenoxy) is 1. The summed E-state index contributed by atoms with van der Waals surface area (Å²) < 4.78 is 35.6. The standard InChI is InChI=1S/C23H32N6O4S.Na/c1-5-8-20-24-16(4)21-23(30)25-22(26-29(20)21)18-15-17(9-10-19(18)33-7-3)34(31,32)28-13-11-27(6-2)12-14-28;/h9-10,15H,5-8,11-14H2,1-4H3,(H,25,26,30);/q;+1/p-1. The fourth-order valence-corrected chi connectivity index (χ4v) is 5.70. The second kappa shape index (κ2) is 11.5. The van der Waals surface area contributed by atoms with Crippen LogP contribution in [0.1, 0.15) is 38.7 Å². The molecule has 0 atom stereocenters. The summed E-state index contributed by atoms with van der Waals surface area (Å²) in [7, 11) is -3.72. The maximum atomic E-state index is 13.4. The second-order valence-electron chi connectivity index (χ2n) is 8.29. The van der Waals surface area contributed by atoms with Crippen molar-refractivity contribution in [3.8, 4) is 17.1 Å². The second-order valence-corrected chi connectivity index (χ2v) is 10.2. The molecule has 0 saturated carbocycles. The fourth-order valence-electron chi connectivity index (χ4n) is 4.26. The first-order chi connectivity index (χ1) is 16.3. The minimum Gasteiger partial charge on any atom is -0.493 e. The first-order valence-electron chi connectivity index (χ1n) is 11.7. The van der Waals surface area contributed by atoms with Gasteiger partial charge in [-0.1, -0.05) is 13.8 Å². The average Bonchev–Trinajstić information content (AvgIpc) is 3.15. The van der Waals surface area contributed by atoms with Gasteiger partial charge in [-0.2, -0.15) is 4.31 Å². The number of imidazole rings is 1. The van der Waals surface area contributed by atoms with E-state index in [0.717, 1.165) is 13.0 Å². The number of nitrogens with zero attached hydrogens (tertiary/aromatic N) is 6. The third kappa shape index (κ3) is 5.50. The normalized spacial score (nSPS) is 15.3. The molecule has 1 aliphatic heterocycles. The molecule has 4 rings (SSSR count). The molecule has 1 saturated heterocycles. The summed E-state index contributed by atoms with van der Waals surface area (Å²) in [5, 5.41) is 4.59. The number of rotatable bonds is 8. The monoisotopic (exact) mass is 510 g/mol. The first kappa shape index (κ1) is 27.8. The maximum absolute atomic E-state index is 13.4. The molecule has 10 nitrogen and oxygen atoms in total. The van der Waals surface area contributed by atoms with Gasteiger partial charge in [0, 0.05) is 38.2 Å². The summed E-state index contributed by atoms with van der Waals surface area (Å²) >= 11 is 0. The van der Waals surface area contributed by atoms with Gasteiger partial charge in [-0.05, 0) is 50.8 Å². The molecule has 12 heteroatoms. The minimum atomic E-state index is -3.72. The van der Waals surface area contributed by atoms with Gasteiger partial charge in [0.15, 0.2) is 5.56 Å². The predicted molar refractivity (Wildman–Crippen MR) is 129 cm³/mol. The Balaban J connectivity index is 0.00000342. The van der Waals surface area contributed by atoms with E-state index in [1.807, 2.05) is 13.8 Å². The molecule has 0 amide bonds. The van der Waals surface area contributed by atoms with E-state index in [4.69, 9.17) is 4.74 Å². The van der Waals surface area contributed by atoms with E-state index in [1.165, 1.54) is 21.0 Å². The number of aryl methyl sites for hydroxylation is 2. The van der Waals surface area contributed by atoms with Crippen LogP contribution < -0.4 is 44.8 Å². The Bertz CT molecular complexity index is 1350. The maximum Gasteiger partial charge on any atom is 1.00 e. The zero-order valence-corrected chi connectivity index (χ0v) is 23.9. The van der Waals surface area contributed by atoms with Crippen LogP contribution in [0.3, 0.4) is 0 Å². The summed E-state index contributed by atoms with van der Waals surface area (Å²) in [6, 6.07) is 4.66. The van der Waals surface area contributed by atoms with Crippen LogP contribution in [0.15, 0.2) is 27.9 Å². The van der Waals surface area contributed by atoms with Crippen molar-refractivity contribution < 1.29 is 42.7 Å². The van der Waals surface area contributed by atoms with Gasteiger partial charge in [-0.3, -0.25) is 4.79 Å². The molecule has 0 bridgehead atoms. The van der Waals surface area contributed by atoms with Gasteiger partial charge in [-0.15, -0.1) is 0 Å². The third-order valence-corrected chi connectivity index (χ3v) is 7.98. The van der Waals surface area contributed by atoms with Gasteiger partial charge >= 0.3 is 29.6 Å². The number of likely N-dealkylation sites (N-methyl/N-ethyl adjacent to an activating group) is 1. The molecular formula is C23H31N6NaO4S. The van der Waals surface area contributed by atoms with Crippen molar-refractivity contribution >= 4 is 15.5 Å². The van der Waals surface area contributed by atoms with Gasteiger partial charge in [-0.25, -0.2) is 13.4 Å². The Morgan fingerprint density at radius 1 is 1.11 bits per heavy atom. The third-order valence-electron chi connectivity index (χ3n) is 6.08. The van der Waals surface area contributed by atoms with Crippen LogP contribution in [0, 0.1) is 6.92 Å². The minimum absolute atomic E-state index is 0. The molecule has 1 fully saturated rings. The van der Waals surface area contributed by atoms with Crippen molar-refractivity contribution in [2.24, 2.45) is 0 Å². The Morgan fingerprint density at radius 3 is 2.46 bits per heavy atom. The van der Waals surface area contributed by atoms with Gasteiger partial charge in [0.25, 0.3) is 0 Å². The number of hydrogen-bond acceptors (Lipinski definition) is 7.